The van der Waals surface area contributed by atoms with Crippen LogP contribution in [0.15, 0.2) is 0 Å². The first-order valence-electron chi connectivity index (χ1n) is 2.71. The van der Waals surface area contributed by atoms with Crippen LogP contribution in [-0.4, -0.2) is 50.5 Å². The van der Waals surface area contributed by atoms with Crippen molar-refractivity contribution in [2.24, 2.45) is 0 Å². The van der Waals surface area contributed by atoms with Gasteiger partial charge in [0.05, 0.1) is 6.54 Å². The minimum Gasteiger partial charge on any atom is -0.367 e. The van der Waals surface area contributed by atoms with Crippen molar-refractivity contribution in [3.63, 3.8) is 0 Å². The Morgan fingerprint density at radius 2 is 1.92 bits per heavy atom. The van der Waals surface area contributed by atoms with E-state index in [0.717, 1.165) is 0 Å². The topological polar surface area (TPSA) is 128 Å². The van der Waals surface area contributed by atoms with Gasteiger partial charge in [-0.15, -0.1) is 0 Å². The van der Waals surface area contributed by atoms with Crippen molar-refractivity contribution in [1.29, 1.82) is 0 Å². The van der Waals surface area contributed by atoms with Crippen molar-refractivity contribution in [2.45, 2.75) is 6.29 Å². The first kappa shape index (κ1) is 10.8. The summed E-state index contributed by atoms with van der Waals surface area (Å²) in [5.74, 6) is -3.33. The molecule has 0 saturated carbocycles. The van der Waals surface area contributed by atoms with Gasteiger partial charge in [0.15, 0.2) is 6.29 Å². The van der Waals surface area contributed by atoms with Crippen LogP contribution in [0, 0.1) is 0 Å². The Balaban J connectivity index is 4.01. The maximum atomic E-state index is 10.4. The number of carbonyl (C=O) groups excluding carboxylic acids is 2. The SMILES string of the molecule is O=C(OO)C(=O)N(O)CC(O)O. The second kappa shape index (κ2) is 4.62. The van der Waals surface area contributed by atoms with E-state index in [9.17, 15) is 9.59 Å². The molecule has 0 unspecified atom stereocenters. The van der Waals surface area contributed by atoms with E-state index in [0.29, 0.717) is 0 Å². The van der Waals surface area contributed by atoms with Crippen LogP contribution in [0.3, 0.4) is 0 Å². The van der Waals surface area contributed by atoms with Gasteiger partial charge < -0.3 is 10.2 Å². The van der Waals surface area contributed by atoms with E-state index in [1.807, 2.05) is 0 Å². The standard InChI is InChI=1S/C4H7NO7/c6-2(7)1-5(10)3(8)4(9)12-11/h2,6-7,10-11H,1H2. The zero-order valence-corrected chi connectivity index (χ0v) is 5.75. The minimum absolute atomic E-state index is 0.302. The molecule has 0 radical (unpaired) electrons. The zero-order chi connectivity index (χ0) is 9.72. The first-order valence-corrected chi connectivity index (χ1v) is 2.71. The molecule has 1 amide bonds. The highest BCUT2D eigenvalue weighted by molar-refractivity contribution is 6.31. The summed E-state index contributed by atoms with van der Waals surface area (Å²) in [5, 5.41) is 32.3. The van der Waals surface area contributed by atoms with Gasteiger partial charge in [-0.2, -0.15) is 5.26 Å². The lowest BCUT2D eigenvalue weighted by atomic mass is 10.5. The van der Waals surface area contributed by atoms with Crippen molar-refractivity contribution in [1.82, 2.24) is 5.06 Å². The molecule has 8 nitrogen and oxygen atoms in total. The Labute approximate surface area is 66.1 Å². The molecule has 0 aromatic carbocycles. The number of hydrogen-bond acceptors (Lipinski definition) is 7. The predicted octanol–water partition coefficient (Wildman–Crippen LogP) is -2.47. The van der Waals surface area contributed by atoms with Gasteiger partial charge in [-0.1, -0.05) is 0 Å². The van der Waals surface area contributed by atoms with Crippen LogP contribution in [0.5, 0.6) is 0 Å². The van der Waals surface area contributed by atoms with Gasteiger partial charge in [0.25, 0.3) is 0 Å². The van der Waals surface area contributed by atoms with Gasteiger partial charge in [0.2, 0.25) is 0 Å². The van der Waals surface area contributed by atoms with Crippen LogP contribution in [0.1, 0.15) is 0 Å². The number of aliphatic hydroxyl groups excluding tert-OH is 1. The fraction of sp³-hybridized carbons (Fsp3) is 0.500. The molecule has 0 heterocycles. The average Bonchev–Trinajstić information content (AvgIpc) is 2.00. The largest absolute Gasteiger partial charge is 0.431 e. The van der Waals surface area contributed by atoms with Crippen LogP contribution in [0.2, 0.25) is 0 Å². The zero-order valence-electron chi connectivity index (χ0n) is 5.75. The van der Waals surface area contributed by atoms with Crippen LogP contribution in [-0.2, 0) is 14.5 Å². The van der Waals surface area contributed by atoms with Crippen LogP contribution < -0.4 is 0 Å². The first-order chi connectivity index (χ1) is 5.49. The summed E-state index contributed by atoms with van der Waals surface area (Å²) in [5.41, 5.74) is 0. The second-order valence-corrected chi connectivity index (χ2v) is 1.75. The highest BCUT2D eigenvalue weighted by Gasteiger charge is 2.23. The molecule has 0 aliphatic carbocycles. The molecule has 0 saturated heterocycles. The Morgan fingerprint density at radius 1 is 1.42 bits per heavy atom. The summed E-state index contributed by atoms with van der Waals surface area (Å²) in [7, 11) is 0. The van der Waals surface area contributed by atoms with Gasteiger partial charge in [-0.25, -0.2) is 9.86 Å². The highest BCUT2D eigenvalue weighted by atomic mass is 17.1. The molecule has 70 valence electrons. The van der Waals surface area contributed by atoms with Crippen molar-refractivity contribution in [3.05, 3.63) is 0 Å². The predicted molar refractivity (Wildman–Crippen MR) is 30.4 cm³/mol. The van der Waals surface area contributed by atoms with Gasteiger partial charge in [0, 0.05) is 0 Å². The van der Waals surface area contributed by atoms with E-state index in [4.69, 9.17) is 20.7 Å². The van der Waals surface area contributed by atoms with Crippen molar-refractivity contribution < 1.29 is 35.2 Å². The molecule has 0 bridgehead atoms. The number of rotatable bonds is 2. The van der Waals surface area contributed by atoms with E-state index in [1.165, 1.54) is 0 Å². The molecule has 0 rings (SSSR count). The Hall–Kier alpha value is -1.22. The monoisotopic (exact) mass is 181 g/mol. The fourth-order valence-electron chi connectivity index (χ4n) is 0.382. The molecule has 0 fully saturated rings. The summed E-state index contributed by atoms with van der Waals surface area (Å²) in [6.07, 6.45) is -1.98. The molecule has 12 heavy (non-hydrogen) atoms. The number of carbonyl (C=O) groups is 2. The summed E-state index contributed by atoms with van der Waals surface area (Å²) in [6, 6.07) is 0. The molecule has 4 N–H and O–H groups in total. The molecule has 0 aliphatic rings. The number of hydroxylamine groups is 2. The Morgan fingerprint density at radius 3 is 2.25 bits per heavy atom. The summed E-state index contributed by atoms with van der Waals surface area (Å²) >= 11 is 0. The Kier molecular flexibility index (Phi) is 4.15. The summed E-state index contributed by atoms with van der Waals surface area (Å²) in [4.78, 5) is 23.5. The number of hydrogen-bond donors (Lipinski definition) is 4. The number of nitrogens with zero attached hydrogens (tertiary/aromatic N) is 1. The highest BCUT2D eigenvalue weighted by Crippen LogP contribution is 1.88. The van der Waals surface area contributed by atoms with Crippen LogP contribution >= 0.6 is 0 Å². The second-order valence-electron chi connectivity index (χ2n) is 1.75. The van der Waals surface area contributed by atoms with Gasteiger partial charge >= 0.3 is 11.9 Å². The summed E-state index contributed by atoms with van der Waals surface area (Å²) in [6.45, 7) is -0.881. The van der Waals surface area contributed by atoms with Crippen LogP contribution in [0.4, 0.5) is 0 Å². The van der Waals surface area contributed by atoms with E-state index >= 15 is 0 Å². The third kappa shape index (κ3) is 3.25. The van der Waals surface area contributed by atoms with Crippen molar-refractivity contribution in [2.75, 3.05) is 6.54 Å². The van der Waals surface area contributed by atoms with E-state index in [1.54, 1.807) is 0 Å². The van der Waals surface area contributed by atoms with Crippen LogP contribution in [0.25, 0.3) is 0 Å². The van der Waals surface area contributed by atoms with Crippen molar-refractivity contribution >= 4 is 11.9 Å². The quantitative estimate of drug-likeness (QED) is 0.122. The molecular formula is C4H7NO7. The molecular weight excluding hydrogens is 174 g/mol. The van der Waals surface area contributed by atoms with Crippen molar-refractivity contribution in [3.8, 4) is 0 Å². The summed E-state index contributed by atoms with van der Waals surface area (Å²) < 4.78 is 0. The lowest BCUT2D eigenvalue weighted by Crippen LogP contribution is -2.39. The van der Waals surface area contributed by atoms with Gasteiger partial charge in [-0.05, 0) is 0 Å². The third-order valence-corrected chi connectivity index (χ3v) is 0.828. The fourth-order valence-corrected chi connectivity index (χ4v) is 0.382. The molecule has 0 aromatic rings. The smallest absolute Gasteiger partial charge is 0.367 e. The lowest BCUT2D eigenvalue weighted by molar-refractivity contribution is -0.241. The van der Waals surface area contributed by atoms with E-state index in [2.05, 4.69) is 4.89 Å². The van der Waals surface area contributed by atoms with E-state index < -0.39 is 24.7 Å². The maximum absolute atomic E-state index is 10.4. The molecule has 0 aromatic heterocycles. The van der Waals surface area contributed by atoms with Gasteiger partial charge in [0.1, 0.15) is 0 Å². The van der Waals surface area contributed by atoms with Gasteiger partial charge in [-0.3, -0.25) is 14.9 Å². The Bertz CT molecular complexity index is 178. The number of aliphatic hydroxyl groups is 2. The lowest BCUT2D eigenvalue weighted by Gasteiger charge is -2.12. The molecule has 0 spiro atoms. The molecule has 0 atom stereocenters. The number of amides is 1. The maximum Gasteiger partial charge on any atom is 0.431 e. The molecule has 8 heteroatoms. The molecule has 0 aliphatic heterocycles. The third-order valence-electron chi connectivity index (χ3n) is 0.828. The normalized spacial score (nSPS) is 9.75. The minimum atomic E-state index is -1.98. The average molecular weight is 181 g/mol. The van der Waals surface area contributed by atoms with E-state index in [-0.39, 0.29) is 5.06 Å².